The largest absolute Gasteiger partial charge is 0.444 e. The van der Waals surface area contributed by atoms with E-state index in [1.165, 1.54) is 0 Å². The Morgan fingerprint density at radius 1 is 1.44 bits per heavy atom. The average molecular weight is 231 g/mol. The van der Waals surface area contributed by atoms with Gasteiger partial charge in [0.15, 0.2) is 6.30 Å². The molecule has 0 aliphatic carbocycles. The summed E-state index contributed by atoms with van der Waals surface area (Å²) >= 11 is 0. The van der Waals surface area contributed by atoms with Crippen molar-refractivity contribution in [3.05, 3.63) is 0 Å². The number of rotatable bonds is 1. The van der Waals surface area contributed by atoms with Gasteiger partial charge in [0, 0.05) is 12.5 Å². The normalized spacial score (nSPS) is 26.4. The van der Waals surface area contributed by atoms with Crippen LogP contribution in [0.1, 0.15) is 33.6 Å². The highest BCUT2D eigenvalue weighted by Crippen LogP contribution is 2.23. The van der Waals surface area contributed by atoms with Crippen LogP contribution in [0, 0.1) is 5.92 Å². The molecule has 0 saturated carbocycles. The standard InChI is InChI=1S/C11H18FNO3/c1-11(2,3)16-10(15)13-6-8(7-14)4-5-9(13)12/h7-9H,4-6H2,1-3H3. The monoisotopic (exact) mass is 231 g/mol. The first-order chi connectivity index (χ1) is 7.33. The predicted octanol–water partition coefficient (Wildman–Crippen LogP) is 2.13. The lowest BCUT2D eigenvalue weighted by atomic mass is 9.99. The summed E-state index contributed by atoms with van der Waals surface area (Å²) in [4.78, 5) is 23.2. The molecule has 0 aromatic rings. The molecule has 1 saturated heterocycles. The number of alkyl halides is 1. The third-order valence-corrected chi connectivity index (χ3v) is 2.37. The van der Waals surface area contributed by atoms with E-state index in [9.17, 15) is 14.0 Å². The summed E-state index contributed by atoms with van der Waals surface area (Å²) in [5.74, 6) is -0.278. The van der Waals surface area contributed by atoms with Crippen LogP contribution in [-0.4, -0.2) is 35.7 Å². The van der Waals surface area contributed by atoms with Gasteiger partial charge in [0.2, 0.25) is 0 Å². The van der Waals surface area contributed by atoms with Crippen LogP contribution in [0.3, 0.4) is 0 Å². The first-order valence-electron chi connectivity index (χ1n) is 5.42. The number of aldehydes is 1. The van der Waals surface area contributed by atoms with Crippen LogP contribution < -0.4 is 0 Å². The second kappa shape index (κ2) is 4.80. The zero-order chi connectivity index (χ0) is 12.3. The van der Waals surface area contributed by atoms with Crippen molar-refractivity contribution in [1.82, 2.24) is 4.90 Å². The number of ether oxygens (including phenoxy) is 1. The van der Waals surface area contributed by atoms with E-state index in [0.29, 0.717) is 6.42 Å². The molecule has 4 nitrogen and oxygen atoms in total. The van der Waals surface area contributed by atoms with Gasteiger partial charge in [-0.1, -0.05) is 0 Å². The highest BCUT2D eigenvalue weighted by Gasteiger charge is 2.34. The van der Waals surface area contributed by atoms with E-state index in [2.05, 4.69) is 0 Å². The number of hydrogen-bond donors (Lipinski definition) is 0. The Balaban J connectivity index is 2.62. The molecular weight excluding hydrogens is 213 g/mol. The van der Waals surface area contributed by atoms with Gasteiger partial charge >= 0.3 is 6.09 Å². The van der Waals surface area contributed by atoms with E-state index in [0.717, 1.165) is 11.2 Å². The second-order valence-corrected chi connectivity index (χ2v) is 5.04. The molecule has 0 aromatic heterocycles. The molecule has 5 heteroatoms. The molecule has 0 N–H and O–H groups in total. The zero-order valence-corrected chi connectivity index (χ0v) is 9.90. The Hall–Kier alpha value is -1.13. The highest BCUT2D eigenvalue weighted by molar-refractivity contribution is 5.69. The molecule has 16 heavy (non-hydrogen) atoms. The summed E-state index contributed by atoms with van der Waals surface area (Å²) in [5.41, 5.74) is -0.648. The summed E-state index contributed by atoms with van der Waals surface area (Å²) in [6.07, 6.45) is -0.576. The van der Waals surface area contributed by atoms with Crippen molar-refractivity contribution in [2.75, 3.05) is 6.54 Å². The first kappa shape index (κ1) is 12.9. The van der Waals surface area contributed by atoms with Crippen molar-refractivity contribution >= 4 is 12.4 Å². The highest BCUT2D eigenvalue weighted by atomic mass is 19.1. The van der Waals surface area contributed by atoms with Crippen LogP contribution >= 0.6 is 0 Å². The van der Waals surface area contributed by atoms with Crippen molar-refractivity contribution < 1.29 is 18.7 Å². The van der Waals surface area contributed by atoms with E-state index in [1.54, 1.807) is 20.8 Å². The van der Waals surface area contributed by atoms with E-state index in [1.807, 2.05) is 0 Å². The van der Waals surface area contributed by atoms with E-state index < -0.39 is 18.0 Å². The number of nitrogens with zero attached hydrogens (tertiary/aromatic N) is 1. The molecule has 0 aromatic carbocycles. The number of halogens is 1. The van der Waals surface area contributed by atoms with Crippen molar-refractivity contribution in [2.24, 2.45) is 5.92 Å². The molecule has 0 bridgehead atoms. The summed E-state index contributed by atoms with van der Waals surface area (Å²) in [6, 6.07) is 0. The molecule has 1 fully saturated rings. The minimum Gasteiger partial charge on any atom is -0.444 e. The number of carbonyl (C=O) groups is 2. The SMILES string of the molecule is CC(C)(C)OC(=O)N1CC(C=O)CCC1F. The van der Waals surface area contributed by atoms with Crippen molar-refractivity contribution in [1.29, 1.82) is 0 Å². The Morgan fingerprint density at radius 2 is 2.06 bits per heavy atom. The maximum atomic E-state index is 13.5. The Morgan fingerprint density at radius 3 is 2.56 bits per heavy atom. The molecule has 2 atom stereocenters. The molecule has 92 valence electrons. The number of amides is 1. The number of hydrogen-bond acceptors (Lipinski definition) is 3. The maximum Gasteiger partial charge on any atom is 0.412 e. The quantitative estimate of drug-likeness (QED) is 0.513. The molecule has 1 heterocycles. The molecule has 0 spiro atoms. The molecule has 0 radical (unpaired) electrons. The van der Waals surface area contributed by atoms with Gasteiger partial charge in [-0.15, -0.1) is 0 Å². The van der Waals surface area contributed by atoms with Gasteiger partial charge in [0.25, 0.3) is 0 Å². The van der Waals surface area contributed by atoms with Crippen LogP contribution in [0.2, 0.25) is 0 Å². The molecule has 1 aliphatic heterocycles. The summed E-state index contributed by atoms with van der Waals surface area (Å²) in [6.45, 7) is 5.28. The Kier molecular flexibility index (Phi) is 3.88. The Labute approximate surface area is 94.7 Å². The van der Waals surface area contributed by atoms with E-state index >= 15 is 0 Å². The van der Waals surface area contributed by atoms with Gasteiger partial charge < -0.3 is 9.53 Å². The average Bonchev–Trinajstić information content (AvgIpc) is 2.15. The smallest absolute Gasteiger partial charge is 0.412 e. The minimum atomic E-state index is -1.34. The van der Waals surface area contributed by atoms with Gasteiger partial charge in [-0.3, -0.25) is 4.90 Å². The van der Waals surface area contributed by atoms with Gasteiger partial charge in [-0.2, -0.15) is 0 Å². The molecule has 2 unspecified atom stereocenters. The van der Waals surface area contributed by atoms with Gasteiger partial charge in [-0.25, -0.2) is 9.18 Å². The third kappa shape index (κ3) is 3.47. The fourth-order valence-electron chi connectivity index (χ4n) is 1.59. The van der Waals surface area contributed by atoms with E-state index in [4.69, 9.17) is 4.74 Å². The summed E-state index contributed by atoms with van der Waals surface area (Å²) in [7, 11) is 0. The first-order valence-corrected chi connectivity index (χ1v) is 5.42. The molecule has 1 rings (SSSR count). The fraction of sp³-hybridized carbons (Fsp3) is 0.818. The van der Waals surface area contributed by atoms with Crippen LogP contribution in [0.15, 0.2) is 0 Å². The lowest BCUT2D eigenvalue weighted by Crippen LogP contribution is -2.47. The van der Waals surface area contributed by atoms with Gasteiger partial charge in [0.05, 0.1) is 0 Å². The van der Waals surface area contributed by atoms with Crippen molar-refractivity contribution in [3.63, 3.8) is 0 Å². The van der Waals surface area contributed by atoms with E-state index in [-0.39, 0.29) is 18.9 Å². The number of likely N-dealkylation sites (tertiary alicyclic amines) is 1. The zero-order valence-electron chi connectivity index (χ0n) is 9.90. The van der Waals surface area contributed by atoms with Crippen molar-refractivity contribution in [3.8, 4) is 0 Å². The van der Waals surface area contributed by atoms with Crippen LogP contribution in [0.5, 0.6) is 0 Å². The maximum absolute atomic E-state index is 13.5. The lowest BCUT2D eigenvalue weighted by Gasteiger charge is -2.34. The van der Waals surface area contributed by atoms with Gasteiger partial charge in [0.1, 0.15) is 11.9 Å². The summed E-state index contributed by atoms with van der Waals surface area (Å²) in [5, 5.41) is 0. The molecular formula is C11H18FNO3. The third-order valence-electron chi connectivity index (χ3n) is 2.37. The van der Waals surface area contributed by atoms with Gasteiger partial charge in [-0.05, 0) is 33.6 Å². The second-order valence-electron chi connectivity index (χ2n) is 5.04. The predicted molar refractivity (Wildman–Crippen MR) is 56.6 cm³/mol. The molecule has 1 aliphatic rings. The topological polar surface area (TPSA) is 46.6 Å². The minimum absolute atomic E-state index is 0.111. The lowest BCUT2D eigenvalue weighted by molar-refractivity contribution is -0.114. The van der Waals surface area contributed by atoms with Crippen molar-refractivity contribution in [2.45, 2.75) is 45.5 Å². The fourth-order valence-corrected chi connectivity index (χ4v) is 1.59. The van der Waals surface area contributed by atoms with Crippen LogP contribution in [0.25, 0.3) is 0 Å². The van der Waals surface area contributed by atoms with Crippen LogP contribution in [-0.2, 0) is 9.53 Å². The number of piperidine rings is 1. The molecule has 1 amide bonds. The number of carbonyl (C=O) groups excluding carboxylic acids is 2. The Bertz CT molecular complexity index is 275. The van der Waals surface area contributed by atoms with Crippen LogP contribution in [0.4, 0.5) is 9.18 Å². The summed E-state index contributed by atoms with van der Waals surface area (Å²) < 4.78 is 18.6.